The fourth-order valence-electron chi connectivity index (χ4n) is 6.50. The van der Waals surface area contributed by atoms with Crippen molar-refractivity contribution < 1.29 is 37.0 Å². The Kier molecular flexibility index (Phi) is 12.7. The minimum absolute atomic E-state index is 0.00385. The lowest BCUT2D eigenvalue weighted by Crippen LogP contribution is -2.54. The minimum Gasteiger partial charge on any atom is -0.497 e. The van der Waals surface area contributed by atoms with Gasteiger partial charge in [-0.25, -0.2) is 8.42 Å². The predicted molar refractivity (Wildman–Crippen MR) is 200 cm³/mol. The molecule has 0 bridgehead atoms. The van der Waals surface area contributed by atoms with Gasteiger partial charge in [0.05, 0.1) is 39.0 Å². The highest BCUT2D eigenvalue weighted by molar-refractivity contribution is 7.92. The number of ether oxygens (including phenoxy) is 4. The molecule has 52 heavy (non-hydrogen) atoms. The van der Waals surface area contributed by atoms with E-state index < -0.39 is 28.5 Å². The number of rotatable bonds is 16. The van der Waals surface area contributed by atoms with Gasteiger partial charge >= 0.3 is 0 Å². The van der Waals surface area contributed by atoms with Crippen LogP contribution in [0.4, 0.5) is 5.69 Å². The molecule has 11 nitrogen and oxygen atoms in total. The molecule has 0 saturated heterocycles. The summed E-state index contributed by atoms with van der Waals surface area (Å²) in [4.78, 5) is 30.7. The van der Waals surface area contributed by atoms with E-state index in [1.807, 2.05) is 61.5 Å². The summed E-state index contributed by atoms with van der Waals surface area (Å²) in [6.45, 7) is 1.35. The summed E-state index contributed by atoms with van der Waals surface area (Å²) in [5.74, 6) is 0.212. The number of amides is 2. The van der Waals surface area contributed by atoms with Gasteiger partial charge in [-0.15, -0.1) is 0 Å². The third-order valence-corrected chi connectivity index (χ3v) is 11.2. The molecule has 2 amide bonds. The number of benzene rings is 4. The SMILES string of the molecule is COc1ccc(OC)c(N(CC(=O)N(Cc2ccccc2C)[C@@H](Cc2ccccc2)C(=O)NC2CCCC2)S(=O)(=O)c2ccc(OC)c(OC)c2)c1. The van der Waals surface area contributed by atoms with Crippen LogP contribution in [0.3, 0.4) is 0 Å². The maximum atomic E-state index is 15.0. The molecule has 5 rings (SSSR count). The van der Waals surface area contributed by atoms with Crippen molar-refractivity contribution in [3.63, 3.8) is 0 Å². The minimum atomic E-state index is -4.49. The number of sulfonamides is 1. The highest BCUT2D eigenvalue weighted by atomic mass is 32.2. The molecule has 0 unspecified atom stereocenters. The normalized spacial score (nSPS) is 13.6. The molecule has 1 aliphatic carbocycles. The van der Waals surface area contributed by atoms with E-state index in [9.17, 15) is 18.0 Å². The number of anilines is 1. The van der Waals surface area contributed by atoms with Crippen molar-refractivity contribution in [2.75, 3.05) is 39.3 Å². The van der Waals surface area contributed by atoms with Crippen molar-refractivity contribution in [1.29, 1.82) is 0 Å². The van der Waals surface area contributed by atoms with Crippen LogP contribution < -0.4 is 28.6 Å². The van der Waals surface area contributed by atoms with E-state index in [-0.39, 0.29) is 47.0 Å². The fraction of sp³-hybridized carbons (Fsp3) is 0.350. The summed E-state index contributed by atoms with van der Waals surface area (Å²) in [5.41, 5.74) is 2.70. The second kappa shape index (κ2) is 17.3. The van der Waals surface area contributed by atoms with Crippen LogP contribution >= 0.6 is 0 Å². The van der Waals surface area contributed by atoms with E-state index in [0.717, 1.165) is 46.7 Å². The lowest BCUT2D eigenvalue weighted by Gasteiger charge is -2.35. The van der Waals surface area contributed by atoms with Crippen molar-refractivity contribution in [3.8, 4) is 23.0 Å². The van der Waals surface area contributed by atoms with Gasteiger partial charge in [0.15, 0.2) is 11.5 Å². The monoisotopic (exact) mass is 729 g/mol. The van der Waals surface area contributed by atoms with Crippen molar-refractivity contribution in [2.45, 2.75) is 62.6 Å². The summed E-state index contributed by atoms with van der Waals surface area (Å²) < 4.78 is 52.4. The van der Waals surface area contributed by atoms with Crippen LogP contribution in [-0.4, -0.2) is 72.2 Å². The lowest BCUT2D eigenvalue weighted by atomic mass is 10.0. The number of hydrogen-bond acceptors (Lipinski definition) is 8. The third kappa shape index (κ3) is 8.79. The molecule has 12 heteroatoms. The van der Waals surface area contributed by atoms with Crippen LogP contribution in [0.1, 0.15) is 42.4 Å². The zero-order valence-corrected chi connectivity index (χ0v) is 31.1. The van der Waals surface area contributed by atoms with Crippen molar-refractivity contribution >= 4 is 27.5 Å². The zero-order valence-electron chi connectivity index (χ0n) is 30.3. The number of carbonyl (C=O) groups is 2. The van der Waals surface area contributed by atoms with Gasteiger partial charge in [0.2, 0.25) is 11.8 Å². The highest BCUT2D eigenvalue weighted by Crippen LogP contribution is 2.38. The van der Waals surface area contributed by atoms with E-state index in [2.05, 4.69) is 5.32 Å². The predicted octanol–water partition coefficient (Wildman–Crippen LogP) is 5.92. The molecule has 1 atom stereocenters. The Morgan fingerprint density at radius 3 is 2.10 bits per heavy atom. The number of aryl methyl sites for hydroxylation is 1. The fourth-order valence-corrected chi connectivity index (χ4v) is 7.93. The molecule has 4 aromatic rings. The van der Waals surface area contributed by atoms with Gasteiger partial charge in [-0.05, 0) is 60.7 Å². The second-order valence-corrected chi connectivity index (χ2v) is 14.6. The molecule has 0 heterocycles. The Bertz CT molecular complexity index is 1950. The highest BCUT2D eigenvalue weighted by Gasteiger charge is 2.37. The number of nitrogens with one attached hydrogen (secondary N) is 1. The quantitative estimate of drug-likeness (QED) is 0.151. The largest absolute Gasteiger partial charge is 0.497 e. The summed E-state index contributed by atoms with van der Waals surface area (Å²) in [6.07, 6.45) is 3.99. The Hall–Kier alpha value is -5.23. The Morgan fingerprint density at radius 2 is 1.44 bits per heavy atom. The topological polar surface area (TPSA) is 124 Å². The van der Waals surface area contributed by atoms with Gasteiger partial charge in [-0.2, -0.15) is 0 Å². The van der Waals surface area contributed by atoms with Crippen LogP contribution in [0.5, 0.6) is 23.0 Å². The zero-order chi connectivity index (χ0) is 37.3. The first-order valence-corrected chi connectivity index (χ1v) is 18.7. The van der Waals surface area contributed by atoms with E-state index in [0.29, 0.717) is 11.5 Å². The number of carbonyl (C=O) groups excluding carboxylic acids is 2. The van der Waals surface area contributed by atoms with Crippen LogP contribution in [0.2, 0.25) is 0 Å². The molecule has 0 radical (unpaired) electrons. The van der Waals surface area contributed by atoms with E-state index in [1.54, 1.807) is 12.1 Å². The first kappa shape index (κ1) is 38.0. The van der Waals surface area contributed by atoms with Gasteiger partial charge in [-0.3, -0.25) is 13.9 Å². The molecule has 0 aromatic heterocycles. The van der Waals surface area contributed by atoms with E-state index >= 15 is 0 Å². The molecular formula is C40H47N3O8S. The number of hydrogen-bond donors (Lipinski definition) is 1. The maximum absolute atomic E-state index is 15.0. The number of nitrogens with zero attached hydrogens (tertiary/aromatic N) is 2. The van der Waals surface area contributed by atoms with Crippen molar-refractivity contribution in [3.05, 3.63) is 108 Å². The summed E-state index contributed by atoms with van der Waals surface area (Å²) in [7, 11) is 1.26. The van der Waals surface area contributed by atoms with E-state index in [4.69, 9.17) is 18.9 Å². The number of methoxy groups -OCH3 is 4. The average Bonchev–Trinajstić information content (AvgIpc) is 3.68. The van der Waals surface area contributed by atoms with Crippen LogP contribution in [0, 0.1) is 6.92 Å². The summed E-state index contributed by atoms with van der Waals surface area (Å²) >= 11 is 0. The molecule has 0 aliphatic heterocycles. The molecular weight excluding hydrogens is 683 g/mol. The molecule has 1 fully saturated rings. The maximum Gasteiger partial charge on any atom is 0.265 e. The smallest absolute Gasteiger partial charge is 0.265 e. The van der Waals surface area contributed by atoms with Crippen molar-refractivity contribution in [1.82, 2.24) is 10.2 Å². The standard InChI is InChI=1S/C40H47N3O8S/c1-28-13-9-10-16-30(28)26-42(35(23-29-14-7-6-8-15-29)40(45)41-31-17-11-12-18-31)39(44)27-43(34-24-32(48-2)19-21-36(34)49-3)52(46,47)33-20-22-37(50-4)38(25-33)51-5/h6-10,13-16,19-22,24-25,31,35H,11-12,17-18,23,26-27H2,1-5H3,(H,41,45)/t35-/m0/s1. The molecule has 4 aromatic carbocycles. The Morgan fingerprint density at radius 1 is 0.788 bits per heavy atom. The molecule has 1 N–H and O–H groups in total. The first-order chi connectivity index (χ1) is 25.1. The average molecular weight is 730 g/mol. The van der Waals surface area contributed by atoms with E-state index in [1.165, 1.54) is 57.6 Å². The lowest BCUT2D eigenvalue weighted by molar-refractivity contribution is -0.140. The first-order valence-electron chi connectivity index (χ1n) is 17.2. The molecule has 276 valence electrons. The Balaban J connectivity index is 1.65. The van der Waals surface area contributed by atoms with Gasteiger partial charge in [0.25, 0.3) is 10.0 Å². The molecule has 1 saturated carbocycles. The van der Waals surface area contributed by atoms with Gasteiger partial charge in [-0.1, -0.05) is 67.4 Å². The Labute approximate surface area is 306 Å². The van der Waals surface area contributed by atoms with Gasteiger partial charge in [0, 0.05) is 31.1 Å². The van der Waals surface area contributed by atoms with Crippen LogP contribution in [0.25, 0.3) is 0 Å². The summed E-state index contributed by atoms with van der Waals surface area (Å²) in [5, 5.41) is 3.21. The van der Waals surface area contributed by atoms with Gasteiger partial charge in [0.1, 0.15) is 24.1 Å². The van der Waals surface area contributed by atoms with Gasteiger partial charge < -0.3 is 29.2 Å². The third-order valence-electron chi connectivity index (χ3n) is 9.45. The summed E-state index contributed by atoms with van der Waals surface area (Å²) in [6, 6.07) is 25.1. The van der Waals surface area contributed by atoms with Crippen molar-refractivity contribution in [2.24, 2.45) is 0 Å². The van der Waals surface area contributed by atoms with Crippen LogP contribution in [-0.2, 0) is 32.6 Å². The molecule has 0 spiro atoms. The second-order valence-electron chi connectivity index (χ2n) is 12.7. The molecule has 1 aliphatic rings. The van der Waals surface area contributed by atoms with Crippen LogP contribution in [0.15, 0.2) is 95.9 Å².